The molecular formula is C25H27NO7S. The summed E-state index contributed by atoms with van der Waals surface area (Å²) >= 11 is 0. The van der Waals surface area contributed by atoms with E-state index in [0.717, 1.165) is 0 Å². The molecule has 34 heavy (non-hydrogen) atoms. The number of nitrogens with zero attached hydrogens (tertiary/aromatic N) is 1. The maximum absolute atomic E-state index is 13.0. The van der Waals surface area contributed by atoms with Crippen molar-refractivity contribution in [1.29, 1.82) is 0 Å². The molecule has 0 bridgehead atoms. The standard InChI is InChI=1S/C25H27NO7S/c1-4-26(18-12-13-34(29,30)15-18)25(28)17(3)31-20-10-11-21-22(14-20)32-16(2)24(23(21)27)33-19-8-6-5-7-9-19/h5-11,14,17-18H,4,12-13,15H2,1-3H3/t17-,18-/m1/s1. The second-order valence-electron chi connectivity index (χ2n) is 8.33. The van der Waals surface area contributed by atoms with Gasteiger partial charge in [-0.25, -0.2) is 8.42 Å². The Morgan fingerprint density at radius 2 is 1.91 bits per heavy atom. The van der Waals surface area contributed by atoms with Crippen molar-refractivity contribution in [1.82, 2.24) is 4.90 Å². The van der Waals surface area contributed by atoms with Crippen molar-refractivity contribution in [2.75, 3.05) is 18.1 Å². The van der Waals surface area contributed by atoms with Gasteiger partial charge in [0.05, 0.1) is 16.9 Å². The molecule has 0 unspecified atom stereocenters. The highest BCUT2D eigenvalue weighted by Crippen LogP contribution is 2.28. The molecule has 2 heterocycles. The van der Waals surface area contributed by atoms with Gasteiger partial charge >= 0.3 is 0 Å². The molecule has 0 radical (unpaired) electrons. The van der Waals surface area contributed by atoms with Gasteiger partial charge in [-0.3, -0.25) is 9.59 Å². The highest BCUT2D eigenvalue weighted by atomic mass is 32.2. The normalized spacial score (nSPS) is 17.9. The Bertz CT molecular complexity index is 1370. The molecule has 0 saturated carbocycles. The Morgan fingerprint density at radius 1 is 1.18 bits per heavy atom. The number of hydrogen-bond donors (Lipinski definition) is 0. The summed E-state index contributed by atoms with van der Waals surface area (Å²) in [6.07, 6.45) is -0.406. The SMILES string of the molecule is CCN(C(=O)[C@@H](C)Oc1ccc2c(=O)c(Oc3ccccc3)c(C)oc2c1)[C@@H]1CCS(=O)(=O)C1. The molecule has 1 aliphatic rings. The first-order valence-corrected chi connectivity index (χ1v) is 13.0. The number of benzene rings is 2. The van der Waals surface area contributed by atoms with Gasteiger partial charge in [0.25, 0.3) is 5.91 Å². The number of likely N-dealkylation sites (N-methyl/N-ethyl adjacent to an activating group) is 1. The first-order valence-electron chi connectivity index (χ1n) is 11.2. The smallest absolute Gasteiger partial charge is 0.263 e. The van der Waals surface area contributed by atoms with Crippen molar-refractivity contribution in [3.63, 3.8) is 0 Å². The van der Waals surface area contributed by atoms with Crippen LogP contribution in [0.1, 0.15) is 26.0 Å². The number of aryl methyl sites for hydroxylation is 1. The summed E-state index contributed by atoms with van der Waals surface area (Å²) in [5.74, 6) is 1.11. The summed E-state index contributed by atoms with van der Waals surface area (Å²) in [6, 6.07) is 13.4. The molecule has 2 aromatic carbocycles. The van der Waals surface area contributed by atoms with Crippen LogP contribution in [0.4, 0.5) is 0 Å². The van der Waals surface area contributed by atoms with Gasteiger partial charge in [-0.05, 0) is 51.5 Å². The van der Waals surface area contributed by atoms with Crippen molar-refractivity contribution in [2.45, 2.75) is 39.3 Å². The average molecular weight is 486 g/mol. The largest absolute Gasteiger partial charge is 0.481 e. The Hall–Kier alpha value is -3.33. The molecule has 1 aliphatic heterocycles. The molecule has 3 aromatic rings. The number of rotatable bonds is 7. The number of hydrogen-bond acceptors (Lipinski definition) is 7. The van der Waals surface area contributed by atoms with Crippen LogP contribution in [0, 0.1) is 6.92 Å². The second kappa shape index (κ2) is 9.50. The summed E-state index contributed by atoms with van der Waals surface area (Å²) in [7, 11) is -3.11. The van der Waals surface area contributed by atoms with Gasteiger partial charge in [0, 0.05) is 18.7 Å². The molecule has 4 rings (SSSR count). The third-order valence-corrected chi connectivity index (χ3v) is 7.63. The molecule has 8 nitrogen and oxygen atoms in total. The lowest BCUT2D eigenvalue weighted by Gasteiger charge is -2.29. The Labute approximate surface area is 198 Å². The van der Waals surface area contributed by atoms with Crippen LogP contribution in [0.25, 0.3) is 11.0 Å². The lowest BCUT2D eigenvalue weighted by Crippen LogP contribution is -2.46. The average Bonchev–Trinajstić information content (AvgIpc) is 3.16. The van der Waals surface area contributed by atoms with Crippen molar-refractivity contribution >= 4 is 26.7 Å². The van der Waals surface area contributed by atoms with Crippen LogP contribution in [0.3, 0.4) is 0 Å². The minimum absolute atomic E-state index is 0.0207. The van der Waals surface area contributed by atoms with E-state index in [2.05, 4.69) is 0 Å². The molecule has 1 amide bonds. The van der Waals surface area contributed by atoms with E-state index in [1.165, 1.54) is 0 Å². The Balaban J connectivity index is 1.54. The maximum Gasteiger partial charge on any atom is 0.263 e. The van der Waals surface area contributed by atoms with Crippen LogP contribution >= 0.6 is 0 Å². The zero-order chi connectivity index (χ0) is 24.5. The van der Waals surface area contributed by atoms with Gasteiger partial charge in [-0.2, -0.15) is 0 Å². The van der Waals surface area contributed by atoms with E-state index in [-0.39, 0.29) is 34.6 Å². The van der Waals surface area contributed by atoms with Gasteiger partial charge in [0.15, 0.2) is 15.9 Å². The third-order valence-electron chi connectivity index (χ3n) is 5.88. The molecule has 1 fully saturated rings. The van der Waals surface area contributed by atoms with E-state index in [0.29, 0.717) is 41.2 Å². The minimum Gasteiger partial charge on any atom is -0.481 e. The summed E-state index contributed by atoms with van der Waals surface area (Å²) in [4.78, 5) is 27.5. The van der Waals surface area contributed by atoms with Crippen LogP contribution in [0.5, 0.6) is 17.2 Å². The van der Waals surface area contributed by atoms with Crippen LogP contribution < -0.4 is 14.9 Å². The molecule has 0 aliphatic carbocycles. The number of carbonyl (C=O) groups is 1. The highest BCUT2D eigenvalue weighted by Gasteiger charge is 2.35. The van der Waals surface area contributed by atoms with E-state index in [4.69, 9.17) is 13.9 Å². The molecule has 1 saturated heterocycles. The van der Waals surface area contributed by atoms with E-state index >= 15 is 0 Å². The quantitative estimate of drug-likeness (QED) is 0.503. The van der Waals surface area contributed by atoms with Crippen LogP contribution in [0.15, 0.2) is 57.7 Å². The fraction of sp³-hybridized carbons (Fsp3) is 0.360. The summed E-state index contributed by atoms with van der Waals surface area (Å²) < 4.78 is 41.1. The van der Waals surface area contributed by atoms with Crippen LogP contribution in [-0.2, 0) is 14.6 Å². The number of para-hydroxylation sites is 1. The molecule has 0 spiro atoms. The van der Waals surface area contributed by atoms with Gasteiger partial charge < -0.3 is 18.8 Å². The van der Waals surface area contributed by atoms with Gasteiger partial charge in [-0.1, -0.05) is 18.2 Å². The fourth-order valence-corrected chi connectivity index (χ4v) is 5.90. The van der Waals surface area contributed by atoms with Gasteiger partial charge in [-0.15, -0.1) is 0 Å². The fourth-order valence-electron chi connectivity index (χ4n) is 4.17. The predicted octanol–water partition coefficient (Wildman–Crippen LogP) is 3.70. The van der Waals surface area contributed by atoms with Gasteiger partial charge in [0.2, 0.25) is 11.2 Å². The number of fused-ring (bicyclic) bond motifs is 1. The molecule has 2 atom stereocenters. The highest BCUT2D eigenvalue weighted by molar-refractivity contribution is 7.91. The van der Waals surface area contributed by atoms with Gasteiger partial charge in [0.1, 0.15) is 22.8 Å². The molecule has 1 aromatic heterocycles. The Kier molecular flexibility index (Phi) is 6.65. The first-order chi connectivity index (χ1) is 16.2. The number of amides is 1. The second-order valence-corrected chi connectivity index (χ2v) is 10.6. The van der Waals surface area contributed by atoms with Crippen LogP contribution in [0.2, 0.25) is 0 Å². The van der Waals surface area contributed by atoms with Crippen molar-refractivity contribution in [3.05, 3.63) is 64.5 Å². The first kappa shape index (κ1) is 23.8. The van der Waals surface area contributed by atoms with Crippen molar-refractivity contribution in [3.8, 4) is 17.2 Å². The maximum atomic E-state index is 13.0. The summed E-state index contributed by atoms with van der Waals surface area (Å²) in [5, 5.41) is 0.328. The van der Waals surface area contributed by atoms with Crippen molar-refractivity contribution < 1.29 is 27.1 Å². The monoisotopic (exact) mass is 485 g/mol. The van der Waals surface area contributed by atoms with E-state index in [1.54, 1.807) is 49.1 Å². The lowest BCUT2D eigenvalue weighted by atomic mass is 10.2. The lowest BCUT2D eigenvalue weighted by molar-refractivity contribution is -0.139. The van der Waals surface area contributed by atoms with E-state index < -0.39 is 15.9 Å². The molecule has 9 heteroatoms. The third kappa shape index (κ3) is 4.94. The Morgan fingerprint density at radius 3 is 2.56 bits per heavy atom. The molecule has 0 N–H and O–H groups in total. The zero-order valence-corrected chi connectivity index (χ0v) is 20.1. The van der Waals surface area contributed by atoms with E-state index in [1.807, 2.05) is 25.1 Å². The number of sulfone groups is 1. The summed E-state index contributed by atoms with van der Waals surface area (Å²) in [6.45, 7) is 5.48. The zero-order valence-electron chi connectivity index (χ0n) is 19.3. The number of ether oxygens (including phenoxy) is 2. The van der Waals surface area contributed by atoms with E-state index in [9.17, 15) is 18.0 Å². The topological polar surface area (TPSA) is 103 Å². The summed E-state index contributed by atoms with van der Waals surface area (Å²) in [5.41, 5.74) is 0.00664. The molecule has 180 valence electrons. The minimum atomic E-state index is -3.11. The number of carbonyl (C=O) groups excluding carboxylic acids is 1. The van der Waals surface area contributed by atoms with Crippen molar-refractivity contribution in [2.24, 2.45) is 0 Å². The van der Waals surface area contributed by atoms with Crippen LogP contribution in [-0.4, -0.2) is 49.4 Å². The predicted molar refractivity (Wildman–Crippen MR) is 128 cm³/mol. The molecular weight excluding hydrogens is 458 g/mol.